The molecule has 0 fully saturated rings. The van der Waals surface area contributed by atoms with Gasteiger partial charge >= 0.3 is 0 Å². The highest BCUT2D eigenvalue weighted by molar-refractivity contribution is 5.97. The Bertz CT molecular complexity index is 1240. The van der Waals surface area contributed by atoms with Gasteiger partial charge in [0.15, 0.2) is 0 Å². The molecule has 0 radical (unpaired) electrons. The predicted octanol–water partition coefficient (Wildman–Crippen LogP) is 3.48. The third-order valence-corrected chi connectivity index (χ3v) is 4.88. The molecule has 7 heteroatoms. The molecular weight excluding hydrogens is 383 g/mol. The van der Waals surface area contributed by atoms with Crippen molar-refractivity contribution >= 4 is 22.6 Å². The molecule has 0 unspecified atom stereocenters. The number of hydrazine groups is 1. The molecule has 0 aliphatic heterocycles. The molecule has 30 heavy (non-hydrogen) atoms. The normalized spacial score (nSPS) is 10.7. The molecular formula is C23H19FN4O2. The minimum absolute atomic E-state index is 0.120. The first kappa shape index (κ1) is 19.3. The number of carbonyl (C=O) groups excluding carboxylic acids is 2. The van der Waals surface area contributed by atoms with Crippen LogP contribution < -0.4 is 10.9 Å². The quantitative estimate of drug-likeness (QED) is 0.513. The van der Waals surface area contributed by atoms with E-state index in [4.69, 9.17) is 0 Å². The summed E-state index contributed by atoms with van der Waals surface area (Å²) >= 11 is 0. The maximum atomic E-state index is 14.0. The highest BCUT2D eigenvalue weighted by Gasteiger charge is 2.17. The number of benzene rings is 3. The van der Waals surface area contributed by atoms with Crippen LogP contribution in [0, 0.1) is 12.7 Å². The average molecular weight is 402 g/mol. The summed E-state index contributed by atoms with van der Waals surface area (Å²) in [5.74, 6) is -1.32. The number of halogens is 1. The van der Waals surface area contributed by atoms with Gasteiger partial charge in [0.1, 0.15) is 11.5 Å². The van der Waals surface area contributed by atoms with Crippen LogP contribution in [0.3, 0.4) is 0 Å². The summed E-state index contributed by atoms with van der Waals surface area (Å²) in [4.78, 5) is 24.8. The lowest BCUT2D eigenvalue weighted by Crippen LogP contribution is -2.42. The third-order valence-electron chi connectivity index (χ3n) is 4.88. The van der Waals surface area contributed by atoms with E-state index in [9.17, 15) is 14.0 Å². The molecule has 2 N–H and O–H groups in total. The summed E-state index contributed by atoms with van der Waals surface area (Å²) in [5.41, 5.74) is 6.64. The van der Waals surface area contributed by atoms with Crippen LogP contribution in [0.1, 0.15) is 21.6 Å². The van der Waals surface area contributed by atoms with Crippen LogP contribution >= 0.6 is 0 Å². The molecule has 0 atom stereocenters. The van der Waals surface area contributed by atoms with Gasteiger partial charge in [0.2, 0.25) is 5.91 Å². The number of fused-ring (bicyclic) bond motifs is 1. The smallest absolute Gasteiger partial charge is 0.273 e. The molecule has 0 aliphatic carbocycles. The van der Waals surface area contributed by atoms with Crippen molar-refractivity contribution in [2.45, 2.75) is 13.3 Å². The first-order valence-electron chi connectivity index (χ1n) is 9.40. The molecule has 0 bridgehead atoms. The summed E-state index contributed by atoms with van der Waals surface area (Å²) in [6.45, 7) is 1.66. The van der Waals surface area contributed by atoms with Gasteiger partial charge in [0.05, 0.1) is 23.9 Å². The Kier molecular flexibility index (Phi) is 5.26. The highest BCUT2D eigenvalue weighted by Crippen LogP contribution is 2.19. The molecule has 6 nitrogen and oxygen atoms in total. The van der Waals surface area contributed by atoms with E-state index < -0.39 is 11.7 Å². The summed E-state index contributed by atoms with van der Waals surface area (Å²) in [5, 5.41) is 6.13. The van der Waals surface area contributed by atoms with Crippen LogP contribution in [0.25, 0.3) is 16.5 Å². The van der Waals surface area contributed by atoms with Crippen molar-refractivity contribution in [2.75, 3.05) is 0 Å². The number of amides is 2. The van der Waals surface area contributed by atoms with E-state index in [0.717, 1.165) is 16.3 Å². The van der Waals surface area contributed by atoms with E-state index >= 15 is 0 Å². The zero-order chi connectivity index (χ0) is 21.1. The van der Waals surface area contributed by atoms with Gasteiger partial charge in [0.25, 0.3) is 5.91 Å². The summed E-state index contributed by atoms with van der Waals surface area (Å²) in [7, 11) is 0. The topological polar surface area (TPSA) is 76.0 Å². The summed E-state index contributed by atoms with van der Waals surface area (Å²) < 4.78 is 15.4. The lowest BCUT2D eigenvalue weighted by Gasteiger charge is -2.10. The second kappa shape index (κ2) is 8.16. The molecule has 2 amide bonds. The lowest BCUT2D eigenvalue weighted by atomic mass is 10.0. The van der Waals surface area contributed by atoms with E-state index in [1.54, 1.807) is 25.1 Å². The first-order valence-corrected chi connectivity index (χ1v) is 9.40. The standard InChI is InChI=1S/C23H19FN4O2/c1-15-19(14-25-28(15)21-12-5-4-11-20(21)24)23(30)27-26-22(29)13-17-9-6-8-16-7-2-3-10-18(16)17/h2-12,14H,13H2,1H3,(H,26,29)(H,27,30). The largest absolute Gasteiger partial charge is 0.273 e. The van der Waals surface area contributed by atoms with Crippen molar-refractivity contribution in [3.63, 3.8) is 0 Å². The van der Waals surface area contributed by atoms with Gasteiger partial charge in [-0.05, 0) is 35.4 Å². The fourth-order valence-electron chi connectivity index (χ4n) is 3.36. The number of hydrogen-bond donors (Lipinski definition) is 2. The van der Waals surface area contributed by atoms with E-state index in [1.165, 1.54) is 16.9 Å². The van der Waals surface area contributed by atoms with E-state index in [1.807, 2.05) is 42.5 Å². The average Bonchev–Trinajstić information content (AvgIpc) is 3.14. The number of hydrogen-bond acceptors (Lipinski definition) is 3. The molecule has 4 rings (SSSR count). The van der Waals surface area contributed by atoms with Crippen molar-refractivity contribution in [2.24, 2.45) is 0 Å². The van der Waals surface area contributed by atoms with Crippen molar-refractivity contribution in [3.05, 3.63) is 95.6 Å². The van der Waals surface area contributed by atoms with Gasteiger partial charge in [-0.15, -0.1) is 0 Å². The molecule has 150 valence electrons. The van der Waals surface area contributed by atoms with Crippen molar-refractivity contribution in [1.29, 1.82) is 0 Å². The Morgan fingerprint density at radius 1 is 0.967 bits per heavy atom. The van der Waals surface area contributed by atoms with Crippen molar-refractivity contribution in [1.82, 2.24) is 20.6 Å². The second-order valence-electron chi connectivity index (χ2n) is 6.82. The number of carbonyl (C=O) groups is 2. The Balaban J connectivity index is 1.44. The Labute approximate surface area is 172 Å². The number of nitrogens with one attached hydrogen (secondary N) is 2. The molecule has 1 heterocycles. The monoisotopic (exact) mass is 402 g/mol. The minimum Gasteiger partial charge on any atom is -0.273 e. The minimum atomic E-state index is -0.527. The maximum absolute atomic E-state index is 14.0. The zero-order valence-electron chi connectivity index (χ0n) is 16.2. The first-order chi connectivity index (χ1) is 14.5. The van der Waals surface area contributed by atoms with E-state index in [-0.39, 0.29) is 23.6 Å². The number of nitrogens with zero attached hydrogens (tertiary/aromatic N) is 2. The van der Waals surface area contributed by atoms with Crippen LogP contribution in [0.2, 0.25) is 0 Å². The van der Waals surface area contributed by atoms with Crippen LogP contribution in [0.15, 0.2) is 72.9 Å². The van der Waals surface area contributed by atoms with E-state index in [0.29, 0.717) is 5.69 Å². The maximum Gasteiger partial charge on any atom is 0.273 e. The van der Waals surface area contributed by atoms with Crippen molar-refractivity contribution < 1.29 is 14.0 Å². The number of para-hydroxylation sites is 1. The van der Waals surface area contributed by atoms with Crippen LogP contribution in [0.4, 0.5) is 4.39 Å². The fraction of sp³-hybridized carbons (Fsp3) is 0.0870. The van der Waals surface area contributed by atoms with E-state index in [2.05, 4.69) is 16.0 Å². The fourth-order valence-corrected chi connectivity index (χ4v) is 3.36. The Morgan fingerprint density at radius 2 is 1.70 bits per heavy atom. The van der Waals surface area contributed by atoms with Gasteiger partial charge in [-0.25, -0.2) is 9.07 Å². The predicted molar refractivity (Wildman–Crippen MR) is 112 cm³/mol. The van der Waals surface area contributed by atoms with Crippen molar-refractivity contribution in [3.8, 4) is 5.69 Å². The number of aromatic nitrogens is 2. The molecule has 3 aromatic carbocycles. The van der Waals surface area contributed by atoms with Gasteiger partial charge in [0, 0.05) is 0 Å². The molecule has 1 aromatic heterocycles. The molecule has 0 aliphatic rings. The van der Waals surface area contributed by atoms with Crippen LogP contribution in [0.5, 0.6) is 0 Å². The lowest BCUT2D eigenvalue weighted by molar-refractivity contribution is -0.121. The zero-order valence-corrected chi connectivity index (χ0v) is 16.2. The Hall–Kier alpha value is -4.00. The molecule has 0 saturated carbocycles. The van der Waals surface area contributed by atoms with Gasteiger partial charge in [-0.3, -0.25) is 20.4 Å². The van der Waals surface area contributed by atoms with Crippen LogP contribution in [-0.2, 0) is 11.2 Å². The van der Waals surface area contributed by atoms with Gasteiger partial charge < -0.3 is 0 Å². The second-order valence-corrected chi connectivity index (χ2v) is 6.82. The van der Waals surface area contributed by atoms with Gasteiger partial charge in [-0.1, -0.05) is 54.6 Å². The third kappa shape index (κ3) is 3.77. The highest BCUT2D eigenvalue weighted by atomic mass is 19.1. The van der Waals surface area contributed by atoms with Gasteiger partial charge in [-0.2, -0.15) is 5.10 Å². The summed E-state index contributed by atoms with van der Waals surface area (Å²) in [6, 6.07) is 19.7. The number of rotatable bonds is 4. The summed E-state index contributed by atoms with van der Waals surface area (Å²) in [6.07, 6.45) is 1.46. The molecule has 4 aromatic rings. The SMILES string of the molecule is Cc1c(C(=O)NNC(=O)Cc2cccc3ccccc23)cnn1-c1ccccc1F. The molecule has 0 spiro atoms. The Morgan fingerprint density at radius 3 is 2.53 bits per heavy atom. The van der Waals surface area contributed by atoms with Crippen LogP contribution in [-0.4, -0.2) is 21.6 Å². The molecule has 0 saturated heterocycles.